The second-order valence-electron chi connectivity index (χ2n) is 7.09. The number of benzene rings is 1. The monoisotopic (exact) mass is 406 g/mol. The van der Waals surface area contributed by atoms with E-state index in [1.165, 1.54) is 30.5 Å². The minimum atomic E-state index is -1.03. The third kappa shape index (κ3) is 3.94. The number of esters is 1. The average molecular weight is 406 g/mol. The number of carbonyl (C=O) groups is 2. The van der Waals surface area contributed by atoms with Crippen molar-refractivity contribution in [1.29, 1.82) is 0 Å². The van der Waals surface area contributed by atoms with Gasteiger partial charge in [0.25, 0.3) is 0 Å². The Balaban J connectivity index is 1.97. The van der Waals surface area contributed by atoms with Crippen LogP contribution in [0.15, 0.2) is 24.5 Å². The summed E-state index contributed by atoms with van der Waals surface area (Å²) in [7, 11) is 1.26. The van der Waals surface area contributed by atoms with Gasteiger partial charge in [0.2, 0.25) is 0 Å². The Morgan fingerprint density at radius 2 is 2.17 bits per heavy atom. The summed E-state index contributed by atoms with van der Waals surface area (Å²) in [5.41, 5.74) is 1.22. The summed E-state index contributed by atoms with van der Waals surface area (Å²) in [4.78, 5) is 33.9. The third-order valence-electron chi connectivity index (χ3n) is 5.41. The van der Waals surface area contributed by atoms with Gasteiger partial charge in [0.05, 0.1) is 19.1 Å². The Morgan fingerprint density at radius 1 is 1.41 bits per heavy atom. The molecule has 0 saturated heterocycles. The van der Waals surface area contributed by atoms with Crippen LogP contribution in [0.25, 0.3) is 0 Å². The van der Waals surface area contributed by atoms with Gasteiger partial charge in [-0.25, -0.2) is 23.4 Å². The fourth-order valence-electron chi connectivity index (χ4n) is 3.55. The Bertz CT molecular complexity index is 902. The maximum absolute atomic E-state index is 14.6. The van der Waals surface area contributed by atoms with Crippen LogP contribution in [0.4, 0.5) is 13.6 Å². The van der Waals surface area contributed by atoms with Crippen LogP contribution in [0.5, 0.6) is 0 Å². The van der Waals surface area contributed by atoms with Crippen LogP contribution in [-0.4, -0.2) is 46.6 Å². The van der Waals surface area contributed by atoms with Crippen molar-refractivity contribution in [3.05, 3.63) is 53.1 Å². The minimum absolute atomic E-state index is 0.00589. The van der Waals surface area contributed by atoms with Gasteiger partial charge in [0.15, 0.2) is 11.6 Å². The lowest BCUT2D eigenvalue weighted by Crippen LogP contribution is -2.53. The van der Waals surface area contributed by atoms with Crippen molar-refractivity contribution in [2.45, 2.75) is 38.8 Å². The number of aromatic nitrogens is 2. The van der Waals surface area contributed by atoms with E-state index in [2.05, 4.69) is 15.3 Å². The lowest BCUT2D eigenvalue weighted by atomic mass is 9.95. The fourth-order valence-corrected chi connectivity index (χ4v) is 3.55. The van der Waals surface area contributed by atoms with Gasteiger partial charge in [-0.05, 0) is 12.0 Å². The number of ether oxygens (including phenoxy) is 1. The number of urea groups is 1. The maximum atomic E-state index is 14.6. The predicted molar refractivity (Wildman–Crippen MR) is 101 cm³/mol. The van der Waals surface area contributed by atoms with Gasteiger partial charge < -0.3 is 19.9 Å². The Labute approximate surface area is 167 Å². The first kappa shape index (κ1) is 20.8. The van der Waals surface area contributed by atoms with Gasteiger partial charge in [0.1, 0.15) is 12.1 Å². The molecule has 0 saturated carbocycles. The van der Waals surface area contributed by atoms with Crippen LogP contribution < -0.4 is 5.32 Å². The van der Waals surface area contributed by atoms with Crippen LogP contribution in [0.2, 0.25) is 0 Å². The highest BCUT2D eigenvalue weighted by atomic mass is 19.2. The zero-order valence-corrected chi connectivity index (χ0v) is 16.5. The summed E-state index contributed by atoms with van der Waals surface area (Å²) in [6.45, 7) is 3.97. The molecule has 9 heteroatoms. The molecular weight excluding hydrogens is 382 g/mol. The summed E-state index contributed by atoms with van der Waals surface area (Å²) in [6, 6.07) is 1.50. The molecule has 3 atom stereocenters. The van der Waals surface area contributed by atoms with E-state index in [4.69, 9.17) is 4.74 Å². The number of amides is 2. The number of hydrogen-bond donors (Lipinski definition) is 2. The van der Waals surface area contributed by atoms with Crippen molar-refractivity contribution in [1.82, 2.24) is 20.2 Å². The van der Waals surface area contributed by atoms with E-state index in [1.54, 1.807) is 0 Å². The second kappa shape index (κ2) is 8.59. The summed E-state index contributed by atoms with van der Waals surface area (Å²) in [5.74, 6) is -2.75. The lowest BCUT2D eigenvalue weighted by Gasteiger charge is -2.36. The molecule has 2 heterocycles. The lowest BCUT2D eigenvalue weighted by molar-refractivity contribution is -0.144. The predicted octanol–water partition coefficient (Wildman–Crippen LogP) is 2.93. The topological polar surface area (TPSA) is 87.3 Å². The standard InChI is InChI=1S/C20H24F2N4O3/c1-4-11(2)16(19(27)29-3)25-20(28)26-9-8-14-17(24-10-23-14)18(26)12-6-5-7-13(21)15(12)22/h5-7,10-11,16,18H,4,8-9H2,1-3H3,(H,23,24)(H,25,28). The zero-order valence-electron chi connectivity index (χ0n) is 16.5. The number of H-pyrrole nitrogens is 1. The van der Waals surface area contributed by atoms with Crippen molar-refractivity contribution in [3.8, 4) is 0 Å². The highest BCUT2D eigenvalue weighted by Crippen LogP contribution is 2.35. The van der Waals surface area contributed by atoms with Crippen molar-refractivity contribution in [2.75, 3.05) is 13.7 Å². The van der Waals surface area contributed by atoms with Crippen LogP contribution >= 0.6 is 0 Å². The fraction of sp³-hybridized carbons (Fsp3) is 0.450. The Morgan fingerprint density at radius 3 is 2.86 bits per heavy atom. The van der Waals surface area contributed by atoms with Gasteiger partial charge in [-0.1, -0.05) is 32.4 Å². The number of rotatable bonds is 5. The number of hydrogen-bond acceptors (Lipinski definition) is 4. The molecule has 3 rings (SSSR count). The average Bonchev–Trinajstić information content (AvgIpc) is 3.21. The number of imidazole rings is 1. The van der Waals surface area contributed by atoms with E-state index in [0.29, 0.717) is 18.5 Å². The number of methoxy groups -OCH3 is 1. The SMILES string of the molecule is CCC(C)C(NC(=O)N1CCc2[nH]cnc2C1c1cccc(F)c1F)C(=O)OC. The largest absolute Gasteiger partial charge is 0.467 e. The summed E-state index contributed by atoms with van der Waals surface area (Å²) in [6.07, 6.45) is 2.58. The first-order valence-electron chi connectivity index (χ1n) is 9.50. The molecule has 1 aliphatic heterocycles. The normalized spacial score (nSPS) is 18.0. The van der Waals surface area contributed by atoms with Crippen molar-refractivity contribution >= 4 is 12.0 Å². The molecule has 2 aromatic rings. The number of halogens is 2. The van der Waals surface area contributed by atoms with Crippen molar-refractivity contribution in [2.24, 2.45) is 5.92 Å². The summed E-state index contributed by atoms with van der Waals surface area (Å²) in [5, 5.41) is 2.70. The molecular formula is C20H24F2N4O3. The first-order valence-corrected chi connectivity index (χ1v) is 9.50. The Hall–Kier alpha value is -2.97. The van der Waals surface area contributed by atoms with Gasteiger partial charge in [-0.2, -0.15) is 0 Å². The van der Waals surface area contributed by atoms with Gasteiger partial charge in [0, 0.05) is 24.2 Å². The van der Waals surface area contributed by atoms with Crippen LogP contribution in [-0.2, 0) is 16.0 Å². The zero-order chi connectivity index (χ0) is 21.1. The quantitative estimate of drug-likeness (QED) is 0.748. The number of nitrogens with one attached hydrogen (secondary N) is 2. The summed E-state index contributed by atoms with van der Waals surface area (Å²) >= 11 is 0. The number of nitrogens with zero attached hydrogens (tertiary/aromatic N) is 2. The van der Waals surface area contributed by atoms with E-state index in [0.717, 1.165) is 11.8 Å². The van der Waals surface area contributed by atoms with Crippen molar-refractivity contribution in [3.63, 3.8) is 0 Å². The van der Waals surface area contributed by atoms with Crippen LogP contribution in [0.1, 0.15) is 43.3 Å². The highest BCUT2D eigenvalue weighted by Gasteiger charge is 2.38. The molecule has 1 aromatic heterocycles. The first-order chi connectivity index (χ1) is 13.9. The van der Waals surface area contributed by atoms with Crippen LogP contribution in [0.3, 0.4) is 0 Å². The molecule has 0 radical (unpaired) electrons. The molecule has 1 aromatic carbocycles. The van der Waals surface area contributed by atoms with E-state index in [-0.39, 0.29) is 18.0 Å². The molecule has 1 aliphatic rings. The highest BCUT2D eigenvalue weighted by molar-refractivity contribution is 5.84. The number of carbonyl (C=O) groups excluding carboxylic acids is 2. The molecule has 0 fully saturated rings. The Kier molecular flexibility index (Phi) is 6.14. The van der Waals surface area contributed by atoms with E-state index in [9.17, 15) is 18.4 Å². The molecule has 7 nitrogen and oxygen atoms in total. The third-order valence-corrected chi connectivity index (χ3v) is 5.41. The van der Waals surface area contributed by atoms with Crippen molar-refractivity contribution < 1.29 is 23.1 Å². The molecule has 0 bridgehead atoms. The molecule has 156 valence electrons. The van der Waals surface area contributed by atoms with E-state index < -0.39 is 35.7 Å². The molecule has 2 amide bonds. The van der Waals surface area contributed by atoms with Gasteiger partial charge in [-0.3, -0.25) is 0 Å². The number of fused-ring (bicyclic) bond motifs is 1. The number of aromatic amines is 1. The smallest absolute Gasteiger partial charge is 0.328 e. The molecule has 0 spiro atoms. The molecule has 29 heavy (non-hydrogen) atoms. The van der Waals surface area contributed by atoms with E-state index >= 15 is 0 Å². The molecule has 3 unspecified atom stereocenters. The van der Waals surface area contributed by atoms with Gasteiger partial charge >= 0.3 is 12.0 Å². The molecule has 2 N–H and O–H groups in total. The second-order valence-corrected chi connectivity index (χ2v) is 7.09. The molecule has 0 aliphatic carbocycles. The summed E-state index contributed by atoms with van der Waals surface area (Å²) < 4.78 is 33.3. The minimum Gasteiger partial charge on any atom is -0.467 e. The van der Waals surface area contributed by atoms with Crippen LogP contribution in [0, 0.1) is 17.6 Å². The van der Waals surface area contributed by atoms with Gasteiger partial charge in [-0.15, -0.1) is 0 Å². The maximum Gasteiger partial charge on any atom is 0.328 e. The van der Waals surface area contributed by atoms with E-state index in [1.807, 2.05) is 13.8 Å².